The van der Waals surface area contributed by atoms with Crippen molar-refractivity contribution in [2.45, 2.75) is 32.1 Å². The molecule has 0 fully saturated rings. The van der Waals surface area contributed by atoms with Crippen molar-refractivity contribution in [3.8, 4) is 0 Å². The monoisotopic (exact) mass is 208 g/mol. The minimum atomic E-state index is 0.871. The summed E-state index contributed by atoms with van der Waals surface area (Å²) in [5, 5.41) is 0. The number of hydrogen-bond acceptors (Lipinski definition) is 0. The summed E-state index contributed by atoms with van der Waals surface area (Å²) in [5.74, 6) is 0.871. The summed E-state index contributed by atoms with van der Waals surface area (Å²) >= 11 is 0. The maximum absolute atomic E-state index is 2.48. The molecule has 0 saturated carbocycles. The first-order valence-electron chi connectivity index (χ1n) is 6.48. The molecular weight excluding hydrogens is 192 g/mol. The number of benzene rings is 1. The maximum atomic E-state index is 2.48. The zero-order valence-electron chi connectivity index (χ0n) is 9.50. The van der Waals surface area contributed by atoms with Crippen LogP contribution in [0.15, 0.2) is 35.9 Å². The predicted molar refractivity (Wildman–Crippen MR) is 67.9 cm³/mol. The fourth-order valence-corrected chi connectivity index (χ4v) is 3.78. The molecule has 0 N–H and O–H groups in total. The Morgan fingerprint density at radius 2 is 1.88 bits per heavy atom. The second kappa shape index (κ2) is 3.10. The second-order valence-corrected chi connectivity index (χ2v) is 5.22. The van der Waals surface area contributed by atoms with E-state index in [-0.39, 0.29) is 0 Å². The first-order valence-corrected chi connectivity index (χ1v) is 6.48. The average molecular weight is 208 g/mol. The molecule has 3 aliphatic carbocycles. The van der Waals surface area contributed by atoms with E-state index >= 15 is 0 Å². The molecule has 0 bridgehead atoms. The highest BCUT2D eigenvalue weighted by Gasteiger charge is 2.34. The molecule has 1 aromatic carbocycles. The van der Waals surface area contributed by atoms with Gasteiger partial charge in [-0.3, -0.25) is 0 Å². The van der Waals surface area contributed by atoms with Gasteiger partial charge in [-0.05, 0) is 65.9 Å². The Bertz CT molecular complexity index is 517. The van der Waals surface area contributed by atoms with E-state index in [1.807, 2.05) is 0 Å². The maximum Gasteiger partial charge on any atom is -0.0109 e. The van der Waals surface area contributed by atoms with Crippen LogP contribution in [0.3, 0.4) is 0 Å². The van der Waals surface area contributed by atoms with Crippen LogP contribution < -0.4 is 0 Å². The van der Waals surface area contributed by atoms with Crippen molar-refractivity contribution >= 4 is 11.1 Å². The first-order chi connectivity index (χ1) is 7.95. The van der Waals surface area contributed by atoms with Crippen LogP contribution in [0.5, 0.6) is 0 Å². The molecule has 0 aliphatic heterocycles. The van der Waals surface area contributed by atoms with Crippen LogP contribution in [0.1, 0.15) is 43.2 Å². The lowest BCUT2D eigenvalue weighted by Gasteiger charge is -2.28. The summed E-state index contributed by atoms with van der Waals surface area (Å²) in [7, 11) is 0. The molecule has 0 saturated heterocycles. The van der Waals surface area contributed by atoms with Gasteiger partial charge in [0.15, 0.2) is 0 Å². The Hall–Kier alpha value is -1.30. The number of rotatable bonds is 0. The van der Waals surface area contributed by atoms with Crippen LogP contribution in [0.25, 0.3) is 11.1 Å². The SMILES string of the molecule is C1=C2C3=C(CCC[C@@H]3CC1)c1ccccc12. The summed E-state index contributed by atoms with van der Waals surface area (Å²) in [6.45, 7) is 0. The fourth-order valence-electron chi connectivity index (χ4n) is 3.78. The first kappa shape index (κ1) is 8.81. The quantitative estimate of drug-likeness (QED) is 0.591. The Balaban J connectivity index is 2.03. The smallest absolute Gasteiger partial charge is 0.0109 e. The van der Waals surface area contributed by atoms with Crippen molar-refractivity contribution in [2.24, 2.45) is 5.92 Å². The average Bonchev–Trinajstić information content (AvgIpc) is 2.68. The number of allylic oxidation sites excluding steroid dienone is 4. The molecule has 0 amide bonds. The van der Waals surface area contributed by atoms with Gasteiger partial charge in [-0.15, -0.1) is 0 Å². The van der Waals surface area contributed by atoms with Gasteiger partial charge in [0.25, 0.3) is 0 Å². The van der Waals surface area contributed by atoms with Crippen molar-refractivity contribution in [1.29, 1.82) is 0 Å². The third-order valence-corrected chi connectivity index (χ3v) is 4.41. The standard InChI is InChI=1S/C16H16/c1-2-8-13-12(7-1)14-9-3-5-11-6-4-10-15(13)16(11)14/h1-2,7-9,11H,3-6,10H2/t11-/m0/s1. The summed E-state index contributed by atoms with van der Waals surface area (Å²) in [4.78, 5) is 0. The van der Waals surface area contributed by atoms with Gasteiger partial charge in [-0.25, -0.2) is 0 Å². The van der Waals surface area contributed by atoms with Crippen LogP contribution in [-0.2, 0) is 0 Å². The topological polar surface area (TPSA) is 0 Å². The highest BCUT2D eigenvalue weighted by Crippen LogP contribution is 2.53. The molecule has 80 valence electrons. The van der Waals surface area contributed by atoms with E-state index in [2.05, 4.69) is 30.3 Å². The molecule has 0 spiro atoms. The Labute approximate surface area is 96.7 Å². The third-order valence-electron chi connectivity index (χ3n) is 4.41. The van der Waals surface area contributed by atoms with E-state index in [1.165, 1.54) is 43.2 Å². The molecule has 0 aromatic heterocycles. The third kappa shape index (κ3) is 1.000. The lowest BCUT2D eigenvalue weighted by atomic mass is 9.76. The van der Waals surface area contributed by atoms with E-state index in [4.69, 9.17) is 0 Å². The van der Waals surface area contributed by atoms with Crippen LogP contribution in [-0.4, -0.2) is 0 Å². The van der Waals surface area contributed by atoms with Crippen LogP contribution >= 0.6 is 0 Å². The van der Waals surface area contributed by atoms with Crippen molar-refractivity contribution < 1.29 is 0 Å². The largest absolute Gasteiger partial charge is 0.0763 e. The van der Waals surface area contributed by atoms with E-state index < -0.39 is 0 Å². The predicted octanol–water partition coefficient (Wildman–Crippen LogP) is 4.43. The van der Waals surface area contributed by atoms with E-state index in [1.54, 1.807) is 16.7 Å². The molecular formula is C16H16. The molecule has 3 aliphatic rings. The van der Waals surface area contributed by atoms with E-state index in [9.17, 15) is 0 Å². The van der Waals surface area contributed by atoms with Crippen molar-refractivity contribution in [1.82, 2.24) is 0 Å². The molecule has 4 rings (SSSR count). The second-order valence-electron chi connectivity index (χ2n) is 5.22. The molecule has 0 heteroatoms. The molecule has 0 heterocycles. The Kier molecular flexibility index (Phi) is 1.71. The van der Waals surface area contributed by atoms with Crippen molar-refractivity contribution in [3.05, 3.63) is 47.0 Å². The molecule has 0 radical (unpaired) electrons. The number of hydrogen-bond donors (Lipinski definition) is 0. The van der Waals surface area contributed by atoms with Crippen LogP contribution in [0.2, 0.25) is 0 Å². The summed E-state index contributed by atoms with van der Waals surface area (Å²) < 4.78 is 0. The Morgan fingerprint density at radius 3 is 2.81 bits per heavy atom. The van der Waals surface area contributed by atoms with Gasteiger partial charge in [0, 0.05) is 0 Å². The summed E-state index contributed by atoms with van der Waals surface area (Å²) in [6.07, 6.45) is 9.26. The minimum absolute atomic E-state index is 0.871. The van der Waals surface area contributed by atoms with Crippen molar-refractivity contribution in [3.63, 3.8) is 0 Å². The zero-order valence-corrected chi connectivity index (χ0v) is 9.50. The fraction of sp³-hybridized carbons (Fsp3) is 0.375. The summed E-state index contributed by atoms with van der Waals surface area (Å²) in [5.41, 5.74) is 8.03. The van der Waals surface area contributed by atoms with Gasteiger partial charge in [-0.1, -0.05) is 30.3 Å². The van der Waals surface area contributed by atoms with Crippen LogP contribution in [0.4, 0.5) is 0 Å². The van der Waals surface area contributed by atoms with Gasteiger partial charge in [-0.2, -0.15) is 0 Å². The lowest BCUT2D eigenvalue weighted by Crippen LogP contribution is -2.12. The van der Waals surface area contributed by atoms with Gasteiger partial charge in [0.2, 0.25) is 0 Å². The van der Waals surface area contributed by atoms with Gasteiger partial charge < -0.3 is 0 Å². The van der Waals surface area contributed by atoms with E-state index in [0.717, 1.165) is 5.92 Å². The highest BCUT2D eigenvalue weighted by atomic mass is 14.4. The molecule has 1 atom stereocenters. The molecule has 1 aromatic rings. The highest BCUT2D eigenvalue weighted by molar-refractivity contribution is 6.01. The van der Waals surface area contributed by atoms with Crippen molar-refractivity contribution in [2.75, 3.05) is 0 Å². The van der Waals surface area contributed by atoms with E-state index in [0.29, 0.717) is 0 Å². The Morgan fingerprint density at radius 1 is 1.00 bits per heavy atom. The minimum Gasteiger partial charge on any atom is -0.0763 e. The molecule has 0 unspecified atom stereocenters. The molecule has 0 nitrogen and oxygen atoms in total. The zero-order chi connectivity index (χ0) is 10.5. The van der Waals surface area contributed by atoms with Gasteiger partial charge in [0.05, 0.1) is 0 Å². The van der Waals surface area contributed by atoms with Gasteiger partial charge in [0.1, 0.15) is 0 Å². The normalized spacial score (nSPS) is 26.2. The molecule has 16 heavy (non-hydrogen) atoms. The number of fused-ring (bicyclic) bond motifs is 3. The van der Waals surface area contributed by atoms with Crippen LogP contribution in [0, 0.1) is 5.92 Å². The lowest BCUT2D eigenvalue weighted by molar-refractivity contribution is 0.494. The van der Waals surface area contributed by atoms with Gasteiger partial charge >= 0.3 is 0 Å². The summed E-state index contributed by atoms with van der Waals surface area (Å²) in [6, 6.07) is 9.00.